The van der Waals surface area contributed by atoms with Crippen molar-refractivity contribution in [2.75, 3.05) is 4.72 Å². The summed E-state index contributed by atoms with van der Waals surface area (Å²) in [6.45, 7) is 1.61. The number of benzene rings is 1. The van der Waals surface area contributed by atoms with Gasteiger partial charge < -0.3 is 5.11 Å². The van der Waals surface area contributed by atoms with Crippen LogP contribution in [0.1, 0.15) is 18.6 Å². The standard InChI is InChI=1S/C12H13N3O3S/c1-9(16)10-3-5-11(6-4-10)19(17,18)15-12-13-7-2-8-14-12/h2-9,16H,1H3,(H,13,14,15). The maximum atomic E-state index is 12.0. The van der Waals surface area contributed by atoms with Crippen LogP contribution in [-0.4, -0.2) is 23.5 Å². The van der Waals surface area contributed by atoms with Crippen LogP contribution >= 0.6 is 0 Å². The van der Waals surface area contributed by atoms with Crippen LogP contribution in [0.4, 0.5) is 5.95 Å². The molecule has 0 aliphatic carbocycles. The van der Waals surface area contributed by atoms with Gasteiger partial charge in [-0.3, -0.25) is 0 Å². The smallest absolute Gasteiger partial charge is 0.264 e. The summed E-state index contributed by atoms with van der Waals surface area (Å²) < 4.78 is 26.3. The molecule has 1 atom stereocenters. The molecule has 0 aliphatic heterocycles. The van der Waals surface area contributed by atoms with Crippen molar-refractivity contribution in [2.45, 2.75) is 17.9 Å². The van der Waals surface area contributed by atoms with Gasteiger partial charge in [0.1, 0.15) is 0 Å². The van der Waals surface area contributed by atoms with E-state index in [1.165, 1.54) is 24.5 Å². The van der Waals surface area contributed by atoms with Gasteiger partial charge in [-0.1, -0.05) is 12.1 Å². The minimum Gasteiger partial charge on any atom is -0.389 e. The summed E-state index contributed by atoms with van der Waals surface area (Å²) in [5.74, 6) is 0.0158. The molecule has 0 bridgehead atoms. The van der Waals surface area contributed by atoms with Gasteiger partial charge in [-0.05, 0) is 30.7 Å². The topological polar surface area (TPSA) is 92.2 Å². The van der Waals surface area contributed by atoms with Crippen LogP contribution in [0.5, 0.6) is 0 Å². The zero-order chi connectivity index (χ0) is 13.9. The number of aliphatic hydroxyl groups excluding tert-OH is 1. The fourth-order valence-electron chi connectivity index (χ4n) is 1.46. The summed E-state index contributed by atoms with van der Waals surface area (Å²) in [5.41, 5.74) is 0.648. The molecule has 0 spiro atoms. The molecule has 6 nitrogen and oxygen atoms in total. The molecule has 7 heteroatoms. The largest absolute Gasteiger partial charge is 0.389 e. The molecule has 2 aromatic rings. The number of nitrogens with zero attached hydrogens (tertiary/aromatic N) is 2. The maximum absolute atomic E-state index is 12.0. The van der Waals surface area contributed by atoms with E-state index in [1.54, 1.807) is 25.1 Å². The van der Waals surface area contributed by atoms with Gasteiger partial charge in [0.15, 0.2) is 0 Å². The van der Waals surface area contributed by atoms with Crippen molar-refractivity contribution in [1.29, 1.82) is 0 Å². The van der Waals surface area contributed by atoms with E-state index in [4.69, 9.17) is 0 Å². The molecular formula is C12H13N3O3S. The zero-order valence-corrected chi connectivity index (χ0v) is 11.0. The third-order valence-electron chi connectivity index (χ3n) is 2.46. The summed E-state index contributed by atoms with van der Waals surface area (Å²) in [7, 11) is -3.71. The Morgan fingerprint density at radius 2 is 1.74 bits per heavy atom. The first-order valence-corrected chi connectivity index (χ1v) is 7.05. The van der Waals surface area contributed by atoms with E-state index in [1.807, 2.05) is 0 Å². The minimum atomic E-state index is -3.71. The Labute approximate surface area is 111 Å². The van der Waals surface area contributed by atoms with Crippen LogP contribution in [0.2, 0.25) is 0 Å². The van der Waals surface area contributed by atoms with Crippen molar-refractivity contribution >= 4 is 16.0 Å². The zero-order valence-electron chi connectivity index (χ0n) is 10.2. The Morgan fingerprint density at radius 1 is 1.16 bits per heavy atom. The van der Waals surface area contributed by atoms with E-state index in [2.05, 4.69) is 14.7 Å². The van der Waals surface area contributed by atoms with Gasteiger partial charge in [0.25, 0.3) is 10.0 Å². The quantitative estimate of drug-likeness (QED) is 0.880. The first kappa shape index (κ1) is 13.4. The lowest BCUT2D eigenvalue weighted by Gasteiger charge is -2.08. The average molecular weight is 279 g/mol. The number of nitrogens with one attached hydrogen (secondary N) is 1. The van der Waals surface area contributed by atoms with E-state index >= 15 is 0 Å². The van der Waals surface area contributed by atoms with Gasteiger partial charge in [0, 0.05) is 12.4 Å². The number of sulfonamides is 1. The lowest BCUT2D eigenvalue weighted by Crippen LogP contribution is -2.14. The van der Waals surface area contributed by atoms with Gasteiger partial charge in [-0.25, -0.2) is 23.1 Å². The van der Waals surface area contributed by atoms with Crippen molar-refractivity contribution in [3.05, 3.63) is 48.3 Å². The van der Waals surface area contributed by atoms with Crippen molar-refractivity contribution in [3.63, 3.8) is 0 Å². The van der Waals surface area contributed by atoms with Crippen molar-refractivity contribution in [1.82, 2.24) is 9.97 Å². The van der Waals surface area contributed by atoms with Crippen LogP contribution in [-0.2, 0) is 10.0 Å². The molecule has 0 aliphatic rings. The number of aromatic nitrogens is 2. The minimum absolute atomic E-state index is 0.0158. The lowest BCUT2D eigenvalue weighted by molar-refractivity contribution is 0.199. The molecule has 0 amide bonds. The molecule has 100 valence electrons. The number of hydrogen-bond donors (Lipinski definition) is 2. The summed E-state index contributed by atoms with van der Waals surface area (Å²) in [4.78, 5) is 7.68. The highest BCUT2D eigenvalue weighted by molar-refractivity contribution is 7.92. The molecule has 1 aromatic heterocycles. The van der Waals surface area contributed by atoms with E-state index in [-0.39, 0.29) is 10.8 Å². The Hall–Kier alpha value is -1.99. The molecule has 2 rings (SSSR count). The number of anilines is 1. The summed E-state index contributed by atoms with van der Waals surface area (Å²) in [6, 6.07) is 7.56. The van der Waals surface area contributed by atoms with E-state index in [0.29, 0.717) is 5.56 Å². The average Bonchev–Trinajstić information content (AvgIpc) is 2.39. The Morgan fingerprint density at radius 3 is 2.26 bits per heavy atom. The Bertz CT molecular complexity index is 640. The van der Waals surface area contributed by atoms with E-state index < -0.39 is 16.1 Å². The monoisotopic (exact) mass is 279 g/mol. The van der Waals surface area contributed by atoms with Gasteiger partial charge in [-0.2, -0.15) is 0 Å². The van der Waals surface area contributed by atoms with Gasteiger partial charge in [-0.15, -0.1) is 0 Å². The lowest BCUT2D eigenvalue weighted by atomic mass is 10.1. The van der Waals surface area contributed by atoms with E-state index in [9.17, 15) is 13.5 Å². The SMILES string of the molecule is CC(O)c1ccc(S(=O)(=O)Nc2ncccn2)cc1. The first-order chi connectivity index (χ1) is 8.99. The second kappa shape index (κ2) is 5.33. The van der Waals surface area contributed by atoms with Crippen LogP contribution in [0, 0.1) is 0 Å². The molecule has 0 saturated heterocycles. The summed E-state index contributed by atoms with van der Waals surface area (Å²) in [6.07, 6.45) is 2.25. The van der Waals surface area contributed by atoms with Crippen molar-refractivity contribution < 1.29 is 13.5 Å². The molecule has 0 fully saturated rings. The molecule has 2 N–H and O–H groups in total. The number of hydrogen-bond acceptors (Lipinski definition) is 5. The van der Waals surface area contributed by atoms with Crippen molar-refractivity contribution in [2.24, 2.45) is 0 Å². The third kappa shape index (κ3) is 3.27. The molecule has 0 saturated carbocycles. The highest BCUT2D eigenvalue weighted by Crippen LogP contribution is 2.17. The molecule has 0 radical (unpaired) electrons. The number of rotatable bonds is 4. The molecule has 1 aromatic carbocycles. The van der Waals surface area contributed by atoms with Gasteiger partial charge in [0.05, 0.1) is 11.0 Å². The molecular weight excluding hydrogens is 266 g/mol. The molecule has 19 heavy (non-hydrogen) atoms. The first-order valence-electron chi connectivity index (χ1n) is 5.57. The highest BCUT2D eigenvalue weighted by Gasteiger charge is 2.15. The van der Waals surface area contributed by atoms with Gasteiger partial charge >= 0.3 is 0 Å². The molecule has 1 unspecified atom stereocenters. The summed E-state index contributed by atoms with van der Waals surface area (Å²) in [5, 5.41) is 9.37. The second-order valence-electron chi connectivity index (χ2n) is 3.92. The van der Waals surface area contributed by atoms with Crippen molar-refractivity contribution in [3.8, 4) is 0 Å². The fourth-order valence-corrected chi connectivity index (χ4v) is 2.41. The summed E-state index contributed by atoms with van der Waals surface area (Å²) >= 11 is 0. The fraction of sp³-hybridized carbons (Fsp3) is 0.167. The van der Waals surface area contributed by atoms with Crippen LogP contribution in [0.25, 0.3) is 0 Å². The normalized spacial score (nSPS) is 12.9. The number of aliphatic hydroxyl groups is 1. The van der Waals surface area contributed by atoms with Crippen LogP contribution < -0.4 is 4.72 Å². The highest BCUT2D eigenvalue weighted by atomic mass is 32.2. The van der Waals surface area contributed by atoms with Crippen LogP contribution in [0.15, 0.2) is 47.6 Å². The third-order valence-corrected chi connectivity index (χ3v) is 3.81. The van der Waals surface area contributed by atoms with Gasteiger partial charge in [0.2, 0.25) is 5.95 Å². The maximum Gasteiger partial charge on any atom is 0.264 e. The Kier molecular flexibility index (Phi) is 3.77. The Balaban J connectivity index is 2.25. The second-order valence-corrected chi connectivity index (χ2v) is 5.61. The van der Waals surface area contributed by atoms with E-state index in [0.717, 1.165) is 0 Å². The predicted octanol–water partition coefficient (Wildman–Crippen LogP) is 1.33. The molecule has 1 heterocycles. The van der Waals surface area contributed by atoms with Crippen LogP contribution in [0.3, 0.4) is 0 Å². The predicted molar refractivity (Wildman–Crippen MR) is 69.9 cm³/mol.